The van der Waals surface area contributed by atoms with Crippen LogP contribution in [0.2, 0.25) is 0 Å². The maximum absolute atomic E-state index is 14.8. The molecular weight excluding hydrogens is 731 g/mol. The molecule has 0 unspecified atom stereocenters. The van der Waals surface area contributed by atoms with E-state index in [0.717, 1.165) is 10.3 Å². The van der Waals surface area contributed by atoms with Crippen LogP contribution < -0.4 is 19.5 Å². The second-order valence-corrected chi connectivity index (χ2v) is 17.8. The minimum atomic E-state index is -3.95. The number of nitrogens with zero attached hydrogens (tertiary/aromatic N) is 3. The molecule has 2 saturated carbocycles. The van der Waals surface area contributed by atoms with Gasteiger partial charge in [0.25, 0.3) is 5.91 Å². The van der Waals surface area contributed by atoms with Gasteiger partial charge in [-0.2, -0.15) is 0 Å². The van der Waals surface area contributed by atoms with Gasteiger partial charge in [-0.15, -0.1) is 6.58 Å². The second-order valence-electron chi connectivity index (χ2n) is 15.8. The molecule has 1 saturated heterocycles. The second kappa shape index (κ2) is 16.0. The first-order valence-corrected chi connectivity index (χ1v) is 20.0. The number of carbonyl (C=O) groups excluding carboxylic acids is 4. The predicted molar refractivity (Wildman–Crippen MR) is 204 cm³/mol. The van der Waals surface area contributed by atoms with Crippen LogP contribution >= 0.6 is 0 Å². The van der Waals surface area contributed by atoms with Crippen molar-refractivity contribution in [3.8, 4) is 11.6 Å². The number of pyridine rings is 1. The number of fused-ring (bicyclic) bond motifs is 1. The van der Waals surface area contributed by atoms with Crippen LogP contribution in [0.25, 0.3) is 10.8 Å². The topological polar surface area (TPSA) is 202 Å². The summed E-state index contributed by atoms with van der Waals surface area (Å²) in [6, 6.07) is 4.44. The number of nitrogens with one attached hydrogen (secondary N) is 2. The van der Waals surface area contributed by atoms with Gasteiger partial charge in [-0.05, 0) is 88.1 Å². The molecule has 1 aromatic carbocycles. The minimum Gasteiger partial charge on any atom is -0.497 e. The number of sulfonamides is 1. The molecule has 0 radical (unpaired) electrons. The lowest BCUT2D eigenvalue weighted by molar-refractivity contribution is -0.144. The molecule has 2 heterocycles. The van der Waals surface area contributed by atoms with Crippen LogP contribution in [0, 0.1) is 11.8 Å². The third-order valence-corrected chi connectivity index (χ3v) is 12.0. The maximum Gasteiger partial charge on any atom is 0.408 e. The fraction of sp³-hybridized carbons (Fsp3) is 0.538. The summed E-state index contributed by atoms with van der Waals surface area (Å²) < 4.78 is 39.3. The number of hydrogen-bond donors (Lipinski definition) is 3. The van der Waals surface area contributed by atoms with Crippen molar-refractivity contribution in [3.63, 3.8) is 0 Å². The average molecular weight is 782 g/mol. The van der Waals surface area contributed by atoms with E-state index in [4.69, 9.17) is 9.47 Å². The molecule has 0 bridgehead atoms. The molecule has 3 N–H and O–H groups in total. The molecule has 0 spiro atoms. The quantitative estimate of drug-likeness (QED) is 0.164. The number of hydrogen-bond acceptors (Lipinski definition) is 10. The molecule has 5 atom stereocenters. The van der Waals surface area contributed by atoms with E-state index in [2.05, 4.69) is 21.6 Å². The third kappa shape index (κ3) is 9.28. The molecule has 2 aromatic rings. The van der Waals surface area contributed by atoms with E-state index in [1.54, 1.807) is 64.4 Å². The Balaban J connectivity index is 1.49. The molecule has 55 heavy (non-hydrogen) atoms. The summed E-state index contributed by atoms with van der Waals surface area (Å²) in [5, 5.41) is 13.9. The number of methoxy groups -OCH3 is 1. The van der Waals surface area contributed by atoms with Gasteiger partial charge in [0.1, 0.15) is 29.5 Å². The molecule has 298 valence electrons. The largest absolute Gasteiger partial charge is 0.497 e. The van der Waals surface area contributed by atoms with Crippen molar-refractivity contribution < 1.29 is 47.0 Å². The molecule has 1 aliphatic heterocycles. The first-order valence-electron chi connectivity index (χ1n) is 18.4. The summed E-state index contributed by atoms with van der Waals surface area (Å²) in [6.45, 7) is 12.3. The Bertz CT molecular complexity index is 1990. The van der Waals surface area contributed by atoms with Crippen molar-refractivity contribution in [2.24, 2.45) is 11.8 Å². The van der Waals surface area contributed by atoms with Crippen LogP contribution in [-0.2, 0) is 29.2 Å². The van der Waals surface area contributed by atoms with Gasteiger partial charge in [-0.25, -0.2) is 18.2 Å². The summed E-state index contributed by atoms with van der Waals surface area (Å²) in [7, 11) is -2.40. The molecule has 4 amide bonds. The number of ketones is 1. The third-order valence-electron chi connectivity index (χ3n) is 10.2. The number of carbonyl (C=O) groups is 5. The summed E-state index contributed by atoms with van der Waals surface area (Å²) >= 11 is 0. The number of ether oxygens (including phenoxy) is 2. The van der Waals surface area contributed by atoms with Gasteiger partial charge in [0, 0.05) is 35.9 Å². The first-order chi connectivity index (χ1) is 25.8. The van der Waals surface area contributed by atoms with Crippen molar-refractivity contribution >= 4 is 50.4 Å². The Kier molecular flexibility index (Phi) is 12.0. The SMILES string of the molecule is C=C[C@@H]1C[C@]1(NC(=O)[C@@H]1C[C@@H](Oc2nccc3cc(OC)ccc23)CN1C(=O)[C@H](CCC(=O)/C=C/C(C)C)N(C(=O)O)C(C)(C)C)C(=O)NS(=O)(=O)C1CC1. The number of likely N-dealkylation sites (tertiary alicyclic amines) is 1. The van der Waals surface area contributed by atoms with Crippen LogP contribution in [0.5, 0.6) is 11.6 Å². The summed E-state index contributed by atoms with van der Waals surface area (Å²) in [5.41, 5.74) is -2.72. The number of allylic oxidation sites excluding steroid dienone is 2. The number of rotatable bonds is 16. The fourth-order valence-corrected chi connectivity index (χ4v) is 8.37. The van der Waals surface area contributed by atoms with Gasteiger partial charge in [0.15, 0.2) is 5.78 Å². The van der Waals surface area contributed by atoms with E-state index in [1.165, 1.54) is 17.1 Å². The van der Waals surface area contributed by atoms with Gasteiger partial charge in [-0.1, -0.05) is 26.0 Å². The van der Waals surface area contributed by atoms with Gasteiger partial charge in [0.05, 0.1) is 18.9 Å². The van der Waals surface area contributed by atoms with Crippen molar-refractivity contribution in [2.75, 3.05) is 13.7 Å². The number of benzene rings is 1. The first kappa shape index (κ1) is 41.2. The molecule has 15 nitrogen and oxygen atoms in total. The zero-order valence-electron chi connectivity index (χ0n) is 32.1. The van der Waals surface area contributed by atoms with Gasteiger partial charge >= 0.3 is 6.09 Å². The van der Waals surface area contributed by atoms with E-state index in [0.29, 0.717) is 24.0 Å². The number of aromatic nitrogens is 1. The zero-order valence-corrected chi connectivity index (χ0v) is 32.9. The molecule has 3 aliphatic rings. The van der Waals surface area contributed by atoms with Crippen LogP contribution in [-0.4, -0.2) is 106 Å². The molecular formula is C39H51N5O10S. The van der Waals surface area contributed by atoms with E-state index in [-0.39, 0.29) is 49.8 Å². The van der Waals surface area contributed by atoms with E-state index < -0.39 is 74.3 Å². The highest BCUT2D eigenvalue weighted by atomic mass is 32.2. The lowest BCUT2D eigenvalue weighted by Crippen LogP contribution is -2.61. The van der Waals surface area contributed by atoms with Crippen molar-refractivity contribution in [1.82, 2.24) is 24.8 Å². The standard InChI is InChI=1S/C39H51N5O10S/c1-8-25-21-39(25,36(48)42-55(51,52)29-13-14-29)41-33(46)32-20-28(54-34-30-15-12-27(53-7)19-24(30)17-18-40-34)22-43(32)35(47)31(44(37(49)50)38(4,5)6)16-11-26(45)10-9-23(2)3/h8-10,12,15,17-19,23,25,28-29,31-32H,1,11,13-14,16,20-22H2,2-7H3,(H,41,46)(H,42,48)(H,49,50)/b10-9+/t25-,28-,31+,32+,39-/m1/s1. The highest BCUT2D eigenvalue weighted by Crippen LogP contribution is 2.45. The van der Waals surface area contributed by atoms with Crippen molar-refractivity contribution in [3.05, 3.63) is 55.3 Å². The van der Waals surface area contributed by atoms with Gasteiger partial charge in [-0.3, -0.25) is 28.8 Å². The van der Waals surface area contributed by atoms with Crippen molar-refractivity contribution in [2.45, 2.75) is 108 Å². The molecule has 1 aromatic heterocycles. The molecule has 3 fully saturated rings. The molecule has 16 heteroatoms. The normalized spacial score (nSPS) is 23.0. The number of amides is 4. The predicted octanol–water partition coefficient (Wildman–Crippen LogP) is 3.97. The Morgan fingerprint density at radius 3 is 2.45 bits per heavy atom. The Hall–Kier alpha value is -4.99. The molecule has 5 rings (SSSR count). The van der Waals surface area contributed by atoms with Crippen molar-refractivity contribution in [1.29, 1.82) is 0 Å². The highest BCUT2D eigenvalue weighted by Gasteiger charge is 2.62. The summed E-state index contributed by atoms with van der Waals surface area (Å²) in [4.78, 5) is 75.0. The van der Waals surface area contributed by atoms with E-state index in [1.807, 2.05) is 13.8 Å². The average Bonchev–Trinajstić information content (AvgIpc) is 4.04. The molecule has 2 aliphatic carbocycles. The van der Waals surface area contributed by atoms with E-state index in [9.17, 15) is 37.5 Å². The van der Waals surface area contributed by atoms with Crippen LogP contribution in [0.1, 0.15) is 73.1 Å². The Labute approximate surface area is 321 Å². The van der Waals surface area contributed by atoms with E-state index >= 15 is 0 Å². The minimum absolute atomic E-state index is 0.0754. The maximum atomic E-state index is 14.8. The van der Waals surface area contributed by atoms with Gasteiger partial charge < -0.3 is 24.8 Å². The van der Waals surface area contributed by atoms with Crippen LogP contribution in [0.4, 0.5) is 4.79 Å². The Morgan fingerprint density at radius 1 is 1.16 bits per heavy atom. The monoisotopic (exact) mass is 781 g/mol. The summed E-state index contributed by atoms with van der Waals surface area (Å²) in [5.74, 6) is -2.32. The number of carboxylic acid groups (broad SMARTS) is 1. The lowest BCUT2D eigenvalue weighted by Gasteiger charge is -2.41. The lowest BCUT2D eigenvalue weighted by atomic mass is 9.98. The highest BCUT2D eigenvalue weighted by molar-refractivity contribution is 7.91. The fourth-order valence-electron chi connectivity index (χ4n) is 7.01. The Morgan fingerprint density at radius 2 is 1.87 bits per heavy atom. The van der Waals surface area contributed by atoms with Crippen LogP contribution in [0.3, 0.4) is 0 Å². The smallest absolute Gasteiger partial charge is 0.408 e. The summed E-state index contributed by atoms with van der Waals surface area (Å²) in [6.07, 6.45) is 4.48. The van der Waals surface area contributed by atoms with Crippen LogP contribution in [0.15, 0.2) is 55.3 Å². The zero-order chi connectivity index (χ0) is 40.5. The van der Waals surface area contributed by atoms with Gasteiger partial charge in [0.2, 0.25) is 27.7 Å².